The van der Waals surface area contributed by atoms with Crippen LogP contribution in [-0.2, 0) is 16.6 Å². The summed E-state index contributed by atoms with van der Waals surface area (Å²) >= 11 is 0. The Balaban J connectivity index is 2.12. The highest BCUT2D eigenvalue weighted by Gasteiger charge is 2.44. The van der Waals surface area contributed by atoms with Crippen LogP contribution in [0.3, 0.4) is 0 Å². The standard InChI is InChI=1S/C13H22N2O3/c1-8-6-13(16,9(2)17-8)7-10-14-11(15-18-10)12(3,4)5/h8-9,16H,6-7H2,1-5H3/t8-,9-,13+/m1/s1. The fourth-order valence-corrected chi connectivity index (χ4v) is 2.30. The molecule has 1 aromatic rings. The molecular formula is C13H22N2O3. The highest BCUT2D eigenvalue weighted by molar-refractivity contribution is 5.04. The summed E-state index contributed by atoms with van der Waals surface area (Å²) in [6.45, 7) is 9.92. The molecule has 0 unspecified atom stereocenters. The van der Waals surface area contributed by atoms with Crippen molar-refractivity contribution in [2.75, 3.05) is 0 Å². The molecule has 5 nitrogen and oxygen atoms in total. The van der Waals surface area contributed by atoms with Crippen molar-refractivity contribution in [1.82, 2.24) is 10.1 Å². The van der Waals surface area contributed by atoms with Crippen molar-refractivity contribution < 1.29 is 14.4 Å². The summed E-state index contributed by atoms with van der Waals surface area (Å²) in [5.74, 6) is 1.15. The van der Waals surface area contributed by atoms with Gasteiger partial charge in [0.15, 0.2) is 5.82 Å². The lowest BCUT2D eigenvalue weighted by Gasteiger charge is -2.23. The van der Waals surface area contributed by atoms with Crippen LogP contribution in [0.2, 0.25) is 0 Å². The third-order valence-corrected chi connectivity index (χ3v) is 3.43. The average Bonchev–Trinajstić information content (AvgIpc) is 2.72. The van der Waals surface area contributed by atoms with Crippen molar-refractivity contribution in [1.29, 1.82) is 0 Å². The highest BCUT2D eigenvalue weighted by Crippen LogP contribution is 2.33. The fourth-order valence-electron chi connectivity index (χ4n) is 2.30. The Labute approximate surface area is 108 Å². The van der Waals surface area contributed by atoms with Crippen LogP contribution >= 0.6 is 0 Å². The first kappa shape index (κ1) is 13.5. The second-order valence-electron chi connectivity index (χ2n) is 6.34. The van der Waals surface area contributed by atoms with Crippen LogP contribution in [0.1, 0.15) is 52.8 Å². The molecule has 102 valence electrons. The fraction of sp³-hybridized carbons (Fsp3) is 0.846. The molecule has 0 radical (unpaired) electrons. The lowest BCUT2D eigenvalue weighted by Crippen LogP contribution is -2.38. The number of aliphatic hydroxyl groups is 1. The van der Waals surface area contributed by atoms with E-state index < -0.39 is 5.60 Å². The van der Waals surface area contributed by atoms with E-state index in [-0.39, 0.29) is 17.6 Å². The third kappa shape index (κ3) is 2.57. The third-order valence-electron chi connectivity index (χ3n) is 3.43. The summed E-state index contributed by atoms with van der Waals surface area (Å²) in [7, 11) is 0. The predicted octanol–water partition coefficient (Wildman–Crippen LogP) is 1.84. The van der Waals surface area contributed by atoms with Gasteiger partial charge in [-0.05, 0) is 13.8 Å². The van der Waals surface area contributed by atoms with E-state index in [0.717, 1.165) is 0 Å². The van der Waals surface area contributed by atoms with E-state index in [9.17, 15) is 5.11 Å². The lowest BCUT2D eigenvalue weighted by atomic mass is 9.91. The monoisotopic (exact) mass is 254 g/mol. The van der Waals surface area contributed by atoms with Gasteiger partial charge in [0.1, 0.15) is 5.60 Å². The maximum atomic E-state index is 10.5. The molecule has 0 spiro atoms. The maximum Gasteiger partial charge on any atom is 0.229 e. The Morgan fingerprint density at radius 3 is 2.50 bits per heavy atom. The van der Waals surface area contributed by atoms with Gasteiger partial charge in [-0.3, -0.25) is 0 Å². The zero-order chi connectivity index (χ0) is 13.6. The van der Waals surface area contributed by atoms with Crippen LogP contribution in [0.15, 0.2) is 4.52 Å². The van der Waals surface area contributed by atoms with E-state index in [0.29, 0.717) is 24.6 Å². The Hall–Kier alpha value is -0.940. The molecule has 1 N–H and O–H groups in total. The van der Waals surface area contributed by atoms with Gasteiger partial charge in [0.2, 0.25) is 5.89 Å². The summed E-state index contributed by atoms with van der Waals surface area (Å²) in [4.78, 5) is 4.36. The Morgan fingerprint density at radius 2 is 2.06 bits per heavy atom. The molecule has 1 saturated heterocycles. The van der Waals surface area contributed by atoms with Gasteiger partial charge >= 0.3 is 0 Å². The minimum atomic E-state index is -0.902. The zero-order valence-corrected chi connectivity index (χ0v) is 11.7. The molecule has 0 saturated carbocycles. The van der Waals surface area contributed by atoms with E-state index in [1.165, 1.54) is 0 Å². The number of rotatable bonds is 2. The molecule has 5 heteroatoms. The highest BCUT2D eigenvalue weighted by atomic mass is 16.5. The van der Waals surface area contributed by atoms with E-state index in [1.54, 1.807) is 0 Å². The number of hydrogen-bond acceptors (Lipinski definition) is 5. The van der Waals surface area contributed by atoms with Crippen molar-refractivity contribution in [3.63, 3.8) is 0 Å². The van der Waals surface area contributed by atoms with Crippen LogP contribution in [0.4, 0.5) is 0 Å². The quantitative estimate of drug-likeness (QED) is 0.872. The first-order valence-corrected chi connectivity index (χ1v) is 6.41. The van der Waals surface area contributed by atoms with Gasteiger partial charge in [0.25, 0.3) is 0 Å². The summed E-state index contributed by atoms with van der Waals surface area (Å²) in [6, 6.07) is 0. The van der Waals surface area contributed by atoms with Crippen LogP contribution in [0, 0.1) is 0 Å². The summed E-state index contributed by atoms with van der Waals surface area (Å²) in [6.07, 6.45) is 0.802. The lowest BCUT2D eigenvalue weighted by molar-refractivity contribution is -0.0385. The van der Waals surface area contributed by atoms with Gasteiger partial charge in [-0.1, -0.05) is 25.9 Å². The van der Waals surface area contributed by atoms with E-state index in [1.807, 2.05) is 34.6 Å². The topological polar surface area (TPSA) is 68.4 Å². The normalized spacial score (nSPS) is 33.0. The smallest absolute Gasteiger partial charge is 0.229 e. The van der Waals surface area contributed by atoms with Crippen molar-refractivity contribution in [2.45, 2.75) is 70.7 Å². The molecule has 0 amide bonds. The van der Waals surface area contributed by atoms with Gasteiger partial charge in [-0.25, -0.2) is 0 Å². The molecule has 2 heterocycles. The van der Waals surface area contributed by atoms with Crippen molar-refractivity contribution in [3.8, 4) is 0 Å². The minimum Gasteiger partial charge on any atom is -0.387 e. The number of aromatic nitrogens is 2. The van der Waals surface area contributed by atoms with Gasteiger partial charge in [-0.2, -0.15) is 4.98 Å². The average molecular weight is 254 g/mol. The first-order valence-electron chi connectivity index (χ1n) is 6.41. The molecule has 1 aromatic heterocycles. The van der Waals surface area contributed by atoms with Crippen molar-refractivity contribution in [3.05, 3.63) is 11.7 Å². The Kier molecular flexibility index (Phi) is 3.23. The molecule has 1 fully saturated rings. The Bertz CT molecular complexity index is 424. The van der Waals surface area contributed by atoms with Gasteiger partial charge in [-0.15, -0.1) is 0 Å². The predicted molar refractivity (Wildman–Crippen MR) is 66.3 cm³/mol. The molecule has 1 aliphatic heterocycles. The van der Waals surface area contributed by atoms with Crippen LogP contribution < -0.4 is 0 Å². The van der Waals surface area contributed by atoms with E-state index >= 15 is 0 Å². The molecule has 0 bridgehead atoms. The van der Waals surface area contributed by atoms with Gasteiger partial charge in [0.05, 0.1) is 18.6 Å². The summed E-state index contributed by atoms with van der Waals surface area (Å²) in [5, 5.41) is 14.5. The second kappa shape index (κ2) is 4.31. The van der Waals surface area contributed by atoms with Crippen molar-refractivity contribution >= 4 is 0 Å². The number of nitrogens with zero attached hydrogens (tertiary/aromatic N) is 2. The van der Waals surface area contributed by atoms with E-state index in [2.05, 4.69) is 10.1 Å². The zero-order valence-electron chi connectivity index (χ0n) is 11.7. The minimum absolute atomic E-state index is 0.0648. The molecule has 0 aromatic carbocycles. The second-order valence-corrected chi connectivity index (χ2v) is 6.34. The molecule has 0 aliphatic carbocycles. The maximum absolute atomic E-state index is 10.5. The number of hydrogen-bond donors (Lipinski definition) is 1. The molecule has 18 heavy (non-hydrogen) atoms. The SMILES string of the molecule is C[C@@H]1C[C@](O)(Cc2nc(C(C)(C)C)no2)[C@@H](C)O1. The van der Waals surface area contributed by atoms with Gasteiger partial charge < -0.3 is 14.4 Å². The molecular weight excluding hydrogens is 232 g/mol. The Morgan fingerprint density at radius 1 is 1.39 bits per heavy atom. The molecule has 3 atom stereocenters. The van der Waals surface area contributed by atoms with Crippen LogP contribution in [-0.4, -0.2) is 33.1 Å². The largest absolute Gasteiger partial charge is 0.387 e. The summed E-state index contributed by atoms with van der Waals surface area (Å²) in [5.41, 5.74) is -1.05. The van der Waals surface area contributed by atoms with Crippen LogP contribution in [0.5, 0.6) is 0 Å². The number of ether oxygens (including phenoxy) is 1. The van der Waals surface area contributed by atoms with E-state index in [4.69, 9.17) is 9.26 Å². The molecule has 2 rings (SSSR count). The summed E-state index contributed by atoms with van der Waals surface area (Å²) < 4.78 is 10.8. The van der Waals surface area contributed by atoms with Crippen LogP contribution in [0.25, 0.3) is 0 Å². The van der Waals surface area contributed by atoms with Crippen molar-refractivity contribution in [2.24, 2.45) is 0 Å². The molecule has 1 aliphatic rings. The first-order chi connectivity index (χ1) is 8.21. The van der Waals surface area contributed by atoms with Gasteiger partial charge in [0, 0.05) is 11.8 Å².